The number of halogens is 2. The van der Waals surface area contributed by atoms with Crippen molar-refractivity contribution in [2.24, 2.45) is 5.41 Å². The minimum atomic E-state index is -0.678. The minimum absolute atomic E-state index is 0.0943. The lowest BCUT2D eigenvalue weighted by Crippen LogP contribution is -2.32. The third-order valence-corrected chi connectivity index (χ3v) is 6.46. The third-order valence-electron chi connectivity index (χ3n) is 5.93. The Bertz CT molecular complexity index is 1210. The summed E-state index contributed by atoms with van der Waals surface area (Å²) in [6.45, 7) is 6.86. The first-order chi connectivity index (χ1) is 15.6. The average Bonchev–Trinajstić information content (AvgIpc) is 2.98. The van der Waals surface area contributed by atoms with Crippen LogP contribution < -0.4 is 10.2 Å². The predicted molar refractivity (Wildman–Crippen MR) is 135 cm³/mol. The largest absolute Gasteiger partial charge is 0.354 e. The molecule has 0 atom stereocenters. The highest BCUT2D eigenvalue weighted by molar-refractivity contribution is 9.11. The van der Waals surface area contributed by atoms with E-state index >= 15 is 0 Å². The first-order valence-electron chi connectivity index (χ1n) is 10.9. The van der Waals surface area contributed by atoms with E-state index in [9.17, 15) is 14.0 Å². The second-order valence-electron chi connectivity index (χ2n) is 9.35. The number of fused-ring (bicyclic) bond motifs is 1. The molecule has 0 saturated carbocycles. The highest BCUT2D eigenvalue weighted by Crippen LogP contribution is 2.40. The smallest absolute Gasteiger partial charge is 0.299 e. The lowest BCUT2D eigenvalue weighted by atomic mass is 9.80. The van der Waals surface area contributed by atoms with Crippen LogP contribution in [0.5, 0.6) is 0 Å². The SMILES string of the molecule is CC(C)(C)C1=CC=C(CN2C(=O)C(=O)c3cc(F)cc(NC4=C/C=C(Br)\C=C\C=C\4)c32)CC1. The zero-order valence-corrected chi connectivity index (χ0v) is 20.5. The maximum absolute atomic E-state index is 14.4. The molecule has 1 amide bonds. The number of carbonyl (C=O) groups is 2. The van der Waals surface area contributed by atoms with E-state index in [0.29, 0.717) is 23.6 Å². The lowest BCUT2D eigenvalue weighted by molar-refractivity contribution is -0.114. The standard InChI is InChI=1S/C27H26BrFN2O2/c1-27(2,3)18-10-8-17(9-11-18)16-31-24-22(25(32)26(31)33)14-20(29)15-23(24)30-21-7-5-4-6-19(28)12-13-21/h4-8,10,12-15,30H,9,11,16H2,1-3H3/b5-4?,6-4+,7-5+,13-12?,19-6?,19-12+,21-7?,21-13+. The molecule has 6 heteroatoms. The van der Waals surface area contributed by atoms with Crippen LogP contribution >= 0.6 is 15.9 Å². The van der Waals surface area contributed by atoms with Gasteiger partial charge in [-0.1, -0.05) is 72.2 Å². The highest BCUT2D eigenvalue weighted by Gasteiger charge is 2.39. The van der Waals surface area contributed by atoms with E-state index in [2.05, 4.69) is 48.1 Å². The van der Waals surface area contributed by atoms with Crippen LogP contribution in [0.4, 0.5) is 15.8 Å². The Hall–Kier alpha value is -2.99. The van der Waals surface area contributed by atoms with Crippen LogP contribution in [0.3, 0.4) is 0 Å². The van der Waals surface area contributed by atoms with Crippen molar-refractivity contribution in [3.63, 3.8) is 0 Å². The van der Waals surface area contributed by atoms with Crippen molar-refractivity contribution in [3.8, 4) is 0 Å². The Kier molecular flexibility index (Phi) is 6.39. The molecule has 0 fully saturated rings. The molecule has 2 aliphatic carbocycles. The molecule has 170 valence electrons. The Balaban J connectivity index is 1.69. The van der Waals surface area contributed by atoms with E-state index in [4.69, 9.17) is 0 Å². The molecule has 4 nitrogen and oxygen atoms in total. The van der Waals surface area contributed by atoms with Crippen molar-refractivity contribution < 1.29 is 14.0 Å². The van der Waals surface area contributed by atoms with E-state index in [1.54, 1.807) is 0 Å². The monoisotopic (exact) mass is 508 g/mol. The highest BCUT2D eigenvalue weighted by atomic mass is 79.9. The molecule has 1 N–H and O–H groups in total. The summed E-state index contributed by atoms with van der Waals surface area (Å²) in [4.78, 5) is 27.1. The van der Waals surface area contributed by atoms with Gasteiger partial charge in [0.15, 0.2) is 0 Å². The molecular weight excluding hydrogens is 483 g/mol. The van der Waals surface area contributed by atoms with Gasteiger partial charge in [-0.05, 0) is 54.7 Å². The number of benzene rings is 1. The molecule has 1 aromatic rings. The fourth-order valence-corrected chi connectivity index (χ4v) is 4.40. The van der Waals surface area contributed by atoms with Gasteiger partial charge in [-0.2, -0.15) is 0 Å². The van der Waals surface area contributed by atoms with Crippen LogP contribution in [0.15, 0.2) is 82.1 Å². The summed E-state index contributed by atoms with van der Waals surface area (Å²) in [5, 5.41) is 3.20. The summed E-state index contributed by atoms with van der Waals surface area (Å²) in [7, 11) is 0. The third kappa shape index (κ3) is 5.01. The maximum Gasteiger partial charge on any atom is 0.299 e. The van der Waals surface area contributed by atoms with Gasteiger partial charge in [0.25, 0.3) is 11.7 Å². The van der Waals surface area contributed by atoms with E-state index in [0.717, 1.165) is 29.0 Å². The van der Waals surface area contributed by atoms with Crippen molar-refractivity contribution in [1.82, 2.24) is 0 Å². The number of carbonyl (C=O) groups excluding carboxylic acids is 2. The number of hydrogen-bond acceptors (Lipinski definition) is 3. The van der Waals surface area contributed by atoms with Crippen molar-refractivity contribution >= 4 is 39.0 Å². The van der Waals surface area contributed by atoms with Gasteiger partial charge < -0.3 is 5.32 Å². The van der Waals surface area contributed by atoms with E-state index < -0.39 is 17.5 Å². The second kappa shape index (κ2) is 9.10. The van der Waals surface area contributed by atoms with Crippen molar-refractivity contribution in [2.45, 2.75) is 33.6 Å². The number of Topliss-reactive ketones (excluding diaryl/α,β-unsaturated/α-hetero) is 1. The minimum Gasteiger partial charge on any atom is -0.354 e. The van der Waals surface area contributed by atoms with Gasteiger partial charge in [0.1, 0.15) is 5.82 Å². The van der Waals surface area contributed by atoms with Gasteiger partial charge in [-0.3, -0.25) is 14.5 Å². The number of nitrogens with zero attached hydrogens (tertiary/aromatic N) is 1. The lowest BCUT2D eigenvalue weighted by Gasteiger charge is -2.28. The fraction of sp³-hybridized carbons (Fsp3) is 0.259. The number of amides is 1. The van der Waals surface area contributed by atoms with E-state index in [-0.39, 0.29) is 11.0 Å². The normalized spacial score (nSPS) is 23.4. The van der Waals surface area contributed by atoms with Crippen LogP contribution in [-0.4, -0.2) is 18.2 Å². The average molecular weight is 509 g/mol. The summed E-state index contributed by atoms with van der Waals surface area (Å²) in [6, 6.07) is 2.47. The summed E-state index contributed by atoms with van der Waals surface area (Å²) < 4.78 is 15.3. The molecule has 0 radical (unpaired) electrons. The number of anilines is 2. The summed E-state index contributed by atoms with van der Waals surface area (Å²) >= 11 is 3.44. The van der Waals surface area contributed by atoms with Gasteiger partial charge in [0.2, 0.25) is 0 Å². The first kappa shape index (κ1) is 23.2. The molecule has 1 heterocycles. The van der Waals surface area contributed by atoms with Gasteiger partial charge in [0, 0.05) is 16.7 Å². The molecule has 33 heavy (non-hydrogen) atoms. The zero-order chi connectivity index (χ0) is 23.8. The molecule has 0 unspecified atom stereocenters. The van der Waals surface area contributed by atoms with E-state index in [1.165, 1.54) is 16.5 Å². The molecule has 1 aromatic carbocycles. The topological polar surface area (TPSA) is 49.4 Å². The predicted octanol–water partition coefficient (Wildman–Crippen LogP) is 6.75. The number of hydrogen-bond donors (Lipinski definition) is 1. The zero-order valence-electron chi connectivity index (χ0n) is 18.9. The number of allylic oxidation sites excluding steroid dienone is 10. The summed E-state index contributed by atoms with van der Waals surface area (Å²) in [5.41, 5.74) is 4.12. The first-order valence-corrected chi connectivity index (χ1v) is 11.7. The summed E-state index contributed by atoms with van der Waals surface area (Å²) in [6.07, 6.45) is 17.1. The molecule has 1 aliphatic heterocycles. The van der Waals surface area contributed by atoms with Crippen molar-refractivity contribution in [1.29, 1.82) is 0 Å². The molecule has 0 spiro atoms. The van der Waals surface area contributed by atoms with Crippen molar-refractivity contribution in [2.75, 3.05) is 16.8 Å². The Morgan fingerprint density at radius 1 is 1.03 bits per heavy atom. The Labute approximate surface area is 202 Å². The van der Waals surface area contributed by atoms with Crippen molar-refractivity contribution in [3.05, 3.63) is 93.4 Å². The molecule has 3 aliphatic rings. The second-order valence-corrected chi connectivity index (χ2v) is 10.3. The number of rotatable bonds is 4. The van der Waals surface area contributed by atoms with Gasteiger partial charge in [-0.25, -0.2) is 4.39 Å². The van der Waals surface area contributed by atoms with Gasteiger partial charge >= 0.3 is 0 Å². The summed E-state index contributed by atoms with van der Waals surface area (Å²) in [5.74, 6) is -1.87. The van der Waals surface area contributed by atoms with E-state index in [1.807, 2.05) is 42.5 Å². The molecule has 0 bridgehead atoms. The molecule has 0 aromatic heterocycles. The fourth-order valence-electron chi connectivity index (χ4n) is 4.11. The van der Waals surface area contributed by atoms with Crippen LogP contribution in [0.1, 0.15) is 44.0 Å². The Morgan fingerprint density at radius 2 is 1.79 bits per heavy atom. The van der Waals surface area contributed by atoms with Gasteiger partial charge in [-0.15, -0.1) is 0 Å². The molecule has 0 saturated heterocycles. The van der Waals surface area contributed by atoms with Crippen LogP contribution in [0.25, 0.3) is 0 Å². The molecular formula is C27H26BrFN2O2. The van der Waals surface area contributed by atoms with Crippen LogP contribution in [-0.2, 0) is 4.79 Å². The van der Waals surface area contributed by atoms with Gasteiger partial charge in [0.05, 0.1) is 16.9 Å². The maximum atomic E-state index is 14.4. The number of ketones is 1. The number of nitrogens with one attached hydrogen (secondary N) is 1. The molecule has 4 rings (SSSR count). The quantitative estimate of drug-likeness (QED) is 0.457. The Morgan fingerprint density at radius 3 is 2.48 bits per heavy atom. The van der Waals surface area contributed by atoms with Crippen LogP contribution in [0, 0.1) is 11.2 Å². The van der Waals surface area contributed by atoms with Crippen LogP contribution in [0.2, 0.25) is 0 Å².